The van der Waals surface area contributed by atoms with Crippen molar-refractivity contribution < 1.29 is 0 Å². The van der Waals surface area contributed by atoms with Crippen molar-refractivity contribution >= 4 is 0 Å². The van der Waals surface area contributed by atoms with E-state index < -0.39 is 0 Å². The predicted octanol–water partition coefficient (Wildman–Crippen LogP) is 2.09. The number of nitrogens with zero attached hydrogens (tertiary/aromatic N) is 3. The van der Waals surface area contributed by atoms with Gasteiger partial charge in [0.2, 0.25) is 0 Å². The van der Waals surface area contributed by atoms with E-state index in [0.29, 0.717) is 6.04 Å². The molecule has 2 aliphatic rings. The van der Waals surface area contributed by atoms with Crippen molar-refractivity contribution in [2.45, 2.75) is 64.1 Å². The van der Waals surface area contributed by atoms with Crippen LogP contribution in [0.1, 0.15) is 56.7 Å². The molecule has 3 heterocycles. The second-order valence-electron chi connectivity index (χ2n) is 6.00. The molecule has 3 rings (SSSR count). The highest BCUT2D eigenvalue weighted by Gasteiger charge is 2.24. The summed E-state index contributed by atoms with van der Waals surface area (Å²) in [5.74, 6) is 1.20. The first-order valence-electron chi connectivity index (χ1n) is 7.84. The molecule has 4 heteroatoms. The summed E-state index contributed by atoms with van der Waals surface area (Å²) in [7, 11) is 0. The van der Waals surface area contributed by atoms with Crippen LogP contribution in [0.4, 0.5) is 0 Å². The van der Waals surface area contributed by atoms with E-state index in [9.17, 15) is 0 Å². The maximum atomic E-state index is 6.16. The van der Waals surface area contributed by atoms with Gasteiger partial charge in [-0.2, -0.15) is 0 Å². The van der Waals surface area contributed by atoms with Crippen LogP contribution in [0.15, 0.2) is 6.20 Å². The SMILES string of the molecule is CCN1CCCCC1Cc1cn2c(n1)CCCC2N. The molecule has 0 spiro atoms. The van der Waals surface area contributed by atoms with Gasteiger partial charge < -0.3 is 15.2 Å². The fraction of sp³-hybridized carbons (Fsp3) is 0.800. The minimum absolute atomic E-state index is 0.152. The van der Waals surface area contributed by atoms with Crippen LogP contribution in [0, 0.1) is 0 Å². The number of rotatable bonds is 3. The van der Waals surface area contributed by atoms with Gasteiger partial charge >= 0.3 is 0 Å². The molecule has 106 valence electrons. The molecule has 1 saturated heterocycles. The molecule has 1 aromatic heterocycles. The molecule has 1 fully saturated rings. The molecule has 0 bridgehead atoms. The molecule has 2 atom stereocenters. The van der Waals surface area contributed by atoms with Crippen molar-refractivity contribution in [1.82, 2.24) is 14.5 Å². The van der Waals surface area contributed by atoms with Crippen LogP contribution in [0.2, 0.25) is 0 Å². The van der Waals surface area contributed by atoms with Crippen LogP contribution in [-0.2, 0) is 12.8 Å². The number of nitrogens with two attached hydrogens (primary N) is 1. The normalized spacial score (nSPS) is 28.3. The minimum atomic E-state index is 0.152. The molecule has 0 saturated carbocycles. The molecule has 1 aromatic rings. The highest BCUT2D eigenvalue weighted by molar-refractivity contribution is 5.09. The summed E-state index contributed by atoms with van der Waals surface area (Å²) in [4.78, 5) is 7.43. The van der Waals surface area contributed by atoms with E-state index in [2.05, 4.69) is 22.6 Å². The predicted molar refractivity (Wildman–Crippen MR) is 77.0 cm³/mol. The largest absolute Gasteiger partial charge is 0.319 e. The van der Waals surface area contributed by atoms with Gasteiger partial charge in [-0.15, -0.1) is 0 Å². The van der Waals surface area contributed by atoms with Gasteiger partial charge in [-0.3, -0.25) is 0 Å². The lowest BCUT2D eigenvalue weighted by Gasteiger charge is -2.34. The van der Waals surface area contributed by atoms with E-state index >= 15 is 0 Å². The first-order chi connectivity index (χ1) is 9.28. The third-order valence-corrected chi connectivity index (χ3v) is 4.72. The van der Waals surface area contributed by atoms with Crippen molar-refractivity contribution in [3.63, 3.8) is 0 Å². The second kappa shape index (κ2) is 5.63. The average molecular weight is 262 g/mol. The first kappa shape index (κ1) is 13.1. The van der Waals surface area contributed by atoms with Gasteiger partial charge in [-0.05, 0) is 38.8 Å². The number of likely N-dealkylation sites (N-methyl/N-ethyl adjacent to an activating group) is 1. The molecular weight excluding hydrogens is 236 g/mol. The van der Waals surface area contributed by atoms with Gasteiger partial charge in [0.05, 0.1) is 11.9 Å². The van der Waals surface area contributed by atoms with E-state index in [4.69, 9.17) is 10.7 Å². The lowest BCUT2D eigenvalue weighted by molar-refractivity contribution is 0.154. The number of hydrogen-bond donors (Lipinski definition) is 1. The Balaban J connectivity index is 1.72. The topological polar surface area (TPSA) is 47.1 Å². The van der Waals surface area contributed by atoms with E-state index in [1.165, 1.54) is 43.7 Å². The van der Waals surface area contributed by atoms with Gasteiger partial charge in [0.1, 0.15) is 5.82 Å². The maximum absolute atomic E-state index is 6.16. The molecule has 2 N–H and O–H groups in total. The maximum Gasteiger partial charge on any atom is 0.110 e. The van der Waals surface area contributed by atoms with Crippen molar-refractivity contribution in [1.29, 1.82) is 0 Å². The summed E-state index contributed by atoms with van der Waals surface area (Å²) in [5.41, 5.74) is 7.41. The fourth-order valence-electron chi connectivity index (χ4n) is 3.62. The smallest absolute Gasteiger partial charge is 0.110 e. The van der Waals surface area contributed by atoms with Gasteiger partial charge in [0, 0.05) is 25.1 Å². The Morgan fingerprint density at radius 3 is 3.00 bits per heavy atom. The van der Waals surface area contributed by atoms with Crippen molar-refractivity contribution in [2.75, 3.05) is 13.1 Å². The molecule has 2 unspecified atom stereocenters. The Morgan fingerprint density at radius 1 is 1.32 bits per heavy atom. The molecule has 2 aliphatic heterocycles. The van der Waals surface area contributed by atoms with E-state index in [1.807, 2.05) is 0 Å². The lowest BCUT2D eigenvalue weighted by Crippen LogP contribution is -2.40. The van der Waals surface area contributed by atoms with Crippen molar-refractivity contribution in [3.8, 4) is 0 Å². The first-order valence-corrected chi connectivity index (χ1v) is 7.84. The minimum Gasteiger partial charge on any atom is -0.319 e. The average Bonchev–Trinajstić information content (AvgIpc) is 2.83. The summed E-state index contributed by atoms with van der Waals surface area (Å²) in [6, 6.07) is 0.687. The number of imidazole rings is 1. The zero-order valence-electron chi connectivity index (χ0n) is 12.0. The number of fused-ring (bicyclic) bond motifs is 1. The summed E-state index contributed by atoms with van der Waals surface area (Å²) in [5, 5.41) is 0. The third kappa shape index (κ3) is 2.70. The summed E-state index contributed by atoms with van der Waals surface area (Å²) in [6.07, 6.45) is 10.9. The second-order valence-corrected chi connectivity index (χ2v) is 6.00. The molecule has 19 heavy (non-hydrogen) atoms. The van der Waals surface area contributed by atoms with Crippen LogP contribution in [0.25, 0.3) is 0 Å². The monoisotopic (exact) mass is 262 g/mol. The quantitative estimate of drug-likeness (QED) is 0.907. The van der Waals surface area contributed by atoms with E-state index in [0.717, 1.165) is 25.8 Å². The summed E-state index contributed by atoms with van der Waals surface area (Å²) in [6.45, 7) is 4.69. The molecule has 4 nitrogen and oxygen atoms in total. The van der Waals surface area contributed by atoms with Crippen molar-refractivity contribution in [3.05, 3.63) is 17.7 Å². The zero-order valence-corrected chi connectivity index (χ0v) is 12.0. The number of aromatic nitrogens is 2. The number of aryl methyl sites for hydroxylation is 1. The Bertz CT molecular complexity index is 426. The van der Waals surface area contributed by atoms with Crippen LogP contribution in [0.5, 0.6) is 0 Å². The van der Waals surface area contributed by atoms with Crippen LogP contribution >= 0.6 is 0 Å². The van der Waals surface area contributed by atoms with Gasteiger partial charge in [-0.25, -0.2) is 4.98 Å². The third-order valence-electron chi connectivity index (χ3n) is 4.72. The molecule has 0 radical (unpaired) electrons. The summed E-state index contributed by atoms with van der Waals surface area (Å²) < 4.78 is 2.21. The van der Waals surface area contributed by atoms with Crippen LogP contribution in [-0.4, -0.2) is 33.6 Å². The van der Waals surface area contributed by atoms with Crippen LogP contribution in [0.3, 0.4) is 0 Å². The molecule has 0 aliphatic carbocycles. The molecule has 0 amide bonds. The number of piperidine rings is 1. The number of hydrogen-bond acceptors (Lipinski definition) is 3. The van der Waals surface area contributed by atoms with Gasteiger partial charge in [-0.1, -0.05) is 13.3 Å². The van der Waals surface area contributed by atoms with Crippen molar-refractivity contribution in [2.24, 2.45) is 5.73 Å². The Kier molecular flexibility index (Phi) is 3.89. The number of likely N-dealkylation sites (tertiary alicyclic amines) is 1. The Morgan fingerprint density at radius 2 is 2.21 bits per heavy atom. The summed E-state index contributed by atoms with van der Waals surface area (Å²) >= 11 is 0. The van der Waals surface area contributed by atoms with E-state index in [-0.39, 0.29) is 6.17 Å². The Labute approximate surface area is 116 Å². The highest BCUT2D eigenvalue weighted by atomic mass is 15.2. The Hall–Kier alpha value is -0.870. The van der Waals surface area contributed by atoms with Crippen LogP contribution < -0.4 is 5.73 Å². The standard InChI is InChI=1S/C15H26N4/c1-2-18-9-4-3-6-13(18)10-12-11-19-14(16)7-5-8-15(19)17-12/h11,13-14H,2-10,16H2,1H3. The lowest BCUT2D eigenvalue weighted by atomic mass is 9.98. The zero-order chi connectivity index (χ0) is 13.2. The molecule has 0 aromatic carbocycles. The van der Waals surface area contributed by atoms with E-state index in [1.54, 1.807) is 0 Å². The fourth-order valence-corrected chi connectivity index (χ4v) is 3.62. The van der Waals surface area contributed by atoms with Gasteiger partial charge in [0.25, 0.3) is 0 Å². The highest BCUT2D eigenvalue weighted by Crippen LogP contribution is 2.24. The van der Waals surface area contributed by atoms with Gasteiger partial charge in [0.15, 0.2) is 0 Å². The molecular formula is C15H26N4.